The Bertz CT molecular complexity index is 1790. The third-order valence-electron chi connectivity index (χ3n) is 7.59. The molecule has 0 spiro atoms. The van der Waals surface area contributed by atoms with Crippen LogP contribution in [-0.4, -0.2) is 26.7 Å². The first kappa shape index (κ1) is 27.9. The van der Waals surface area contributed by atoms with E-state index in [1.165, 1.54) is 6.07 Å². The number of hydrogen-bond acceptors (Lipinski definition) is 6. The fourth-order valence-corrected chi connectivity index (χ4v) is 6.02. The fourth-order valence-electron chi connectivity index (χ4n) is 5.67. The first-order chi connectivity index (χ1) is 20.9. The number of thiocarbonyl (C=S) groups is 1. The number of nitrogens with zero attached hydrogens (tertiary/aromatic N) is 4. The Morgan fingerprint density at radius 3 is 2.33 bits per heavy atom. The Morgan fingerprint density at radius 2 is 1.65 bits per heavy atom. The number of hydrogen-bond donors (Lipinski definition) is 1. The summed E-state index contributed by atoms with van der Waals surface area (Å²) in [6.07, 6.45) is 1.77. The maximum absolute atomic E-state index is 11.6. The number of non-ortho nitro benzene ring substituents is 1. The predicted octanol–water partition coefficient (Wildman–Crippen LogP) is 7.38. The van der Waals surface area contributed by atoms with E-state index in [0.29, 0.717) is 22.3 Å². The average Bonchev–Trinajstić information content (AvgIpc) is 3.52. The van der Waals surface area contributed by atoms with Gasteiger partial charge in [-0.05, 0) is 92.3 Å². The molecule has 0 saturated carbocycles. The second kappa shape index (κ2) is 11.6. The van der Waals surface area contributed by atoms with Crippen LogP contribution in [-0.2, 0) is 0 Å². The van der Waals surface area contributed by atoms with Gasteiger partial charge in [-0.3, -0.25) is 15.1 Å². The molecule has 1 aliphatic heterocycles. The number of nitro benzene ring substituents is 1. The topological polar surface area (TPSA) is 94.7 Å². The molecule has 1 aliphatic rings. The van der Waals surface area contributed by atoms with Gasteiger partial charge in [0.15, 0.2) is 5.11 Å². The Labute approximate surface area is 254 Å². The van der Waals surface area contributed by atoms with Crippen molar-refractivity contribution in [1.29, 1.82) is 0 Å². The van der Waals surface area contributed by atoms with E-state index < -0.39 is 4.92 Å². The molecule has 1 fully saturated rings. The Morgan fingerprint density at radius 1 is 0.930 bits per heavy atom. The van der Waals surface area contributed by atoms with E-state index in [1.807, 2.05) is 91.2 Å². The summed E-state index contributed by atoms with van der Waals surface area (Å²) >= 11 is 5.93. The normalized spacial score (nSPS) is 16.2. The third-order valence-corrected chi connectivity index (χ3v) is 7.91. The van der Waals surface area contributed by atoms with Crippen LogP contribution in [0.15, 0.2) is 103 Å². The largest absolute Gasteiger partial charge is 0.495 e. The van der Waals surface area contributed by atoms with Crippen LogP contribution in [0.5, 0.6) is 17.2 Å². The van der Waals surface area contributed by atoms with Gasteiger partial charge in [0.2, 0.25) is 0 Å². The van der Waals surface area contributed by atoms with Gasteiger partial charge in [0, 0.05) is 35.4 Å². The fraction of sp³-hybridized carbons (Fsp3) is 0.152. The molecule has 9 nitrogen and oxygen atoms in total. The van der Waals surface area contributed by atoms with Crippen molar-refractivity contribution in [2.24, 2.45) is 0 Å². The second-order valence-corrected chi connectivity index (χ2v) is 10.6. The van der Waals surface area contributed by atoms with Gasteiger partial charge in [-0.15, -0.1) is 0 Å². The van der Waals surface area contributed by atoms with E-state index in [-0.39, 0.29) is 17.8 Å². The minimum atomic E-state index is -0.401. The zero-order valence-electron chi connectivity index (χ0n) is 23.8. The number of rotatable bonds is 8. The highest BCUT2D eigenvalue weighted by molar-refractivity contribution is 7.80. The smallest absolute Gasteiger partial charge is 0.271 e. The molecule has 0 aliphatic carbocycles. The summed E-state index contributed by atoms with van der Waals surface area (Å²) in [5, 5.41) is 15.7. The van der Waals surface area contributed by atoms with Crippen LogP contribution in [0.25, 0.3) is 5.69 Å². The number of methoxy groups -OCH3 is 1. The second-order valence-electron chi connectivity index (χ2n) is 10.2. The monoisotopic (exact) mass is 591 g/mol. The van der Waals surface area contributed by atoms with Crippen molar-refractivity contribution in [1.82, 2.24) is 14.9 Å². The number of aryl methyl sites for hydroxylation is 1. The molecule has 2 aromatic heterocycles. The molecule has 3 aromatic carbocycles. The van der Waals surface area contributed by atoms with Gasteiger partial charge in [-0.25, -0.2) is 0 Å². The predicted molar refractivity (Wildman–Crippen MR) is 169 cm³/mol. The van der Waals surface area contributed by atoms with Crippen LogP contribution in [0, 0.1) is 24.0 Å². The summed E-state index contributed by atoms with van der Waals surface area (Å²) in [4.78, 5) is 18.0. The average molecular weight is 592 g/mol. The molecule has 5 aromatic rings. The van der Waals surface area contributed by atoms with Crippen molar-refractivity contribution in [3.05, 3.63) is 136 Å². The lowest BCUT2D eigenvalue weighted by molar-refractivity contribution is -0.384. The molecule has 0 radical (unpaired) electrons. The van der Waals surface area contributed by atoms with Gasteiger partial charge < -0.3 is 24.3 Å². The first-order valence-corrected chi connectivity index (χ1v) is 14.1. The SMILES string of the molecule is COc1ccc([N+](=O)[O-])cc1-n1c(C)cc([C@@H]2[C@H](c3ccccn3)NC(=S)N2c2ccc(Oc3ccccc3)cc2)c1C. The molecule has 2 atom stereocenters. The maximum Gasteiger partial charge on any atom is 0.271 e. The summed E-state index contributed by atoms with van der Waals surface area (Å²) in [6, 6.07) is 29.5. The van der Waals surface area contributed by atoms with E-state index in [4.69, 9.17) is 21.7 Å². The number of anilines is 1. The minimum absolute atomic E-state index is 0.0145. The molecule has 1 N–H and O–H groups in total. The quantitative estimate of drug-likeness (QED) is 0.114. The summed E-state index contributed by atoms with van der Waals surface area (Å²) in [5.41, 5.74) is 5.12. The molecule has 0 unspecified atom stereocenters. The summed E-state index contributed by atoms with van der Waals surface area (Å²) in [7, 11) is 1.56. The van der Waals surface area contributed by atoms with Crippen molar-refractivity contribution in [3.8, 4) is 22.9 Å². The van der Waals surface area contributed by atoms with E-state index in [9.17, 15) is 10.1 Å². The van der Waals surface area contributed by atoms with E-state index in [2.05, 4.69) is 21.3 Å². The number of pyridine rings is 1. The number of nitrogens with one attached hydrogen (secondary N) is 1. The van der Waals surface area contributed by atoms with Gasteiger partial charge in [-0.2, -0.15) is 0 Å². The maximum atomic E-state index is 11.6. The summed E-state index contributed by atoms with van der Waals surface area (Å²) < 4.78 is 13.6. The summed E-state index contributed by atoms with van der Waals surface area (Å²) in [6.45, 7) is 3.98. The molecule has 3 heterocycles. The Kier molecular flexibility index (Phi) is 7.52. The molecular weight excluding hydrogens is 562 g/mol. The zero-order chi connectivity index (χ0) is 30.1. The van der Waals surface area contributed by atoms with E-state index >= 15 is 0 Å². The highest BCUT2D eigenvalue weighted by Gasteiger charge is 2.42. The highest BCUT2D eigenvalue weighted by atomic mass is 32.1. The van der Waals surface area contributed by atoms with Gasteiger partial charge in [-0.1, -0.05) is 24.3 Å². The van der Waals surface area contributed by atoms with Crippen molar-refractivity contribution in [2.45, 2.75) is 25.9 Å². The highest BCUT2D eigenvalue weighted by Crippen LogP contribution is 2.44. The number of benzene rings is 3. The van der Waals surface area contributed by atoms with Crippen molar-refractivity contribution < 1.29 is 14.4 Å². The van der Waals surface area contributed by atoms with Crippen LogP contribution in [0.4, 0.5) is 11.4 Å². The Balaban J connectivity index is 1.45. The lowest BCUT2D eigenvalue weighted by Crippen LogP contribution is -2.29. The van der Waals surface area contributed by atoms with E-state index in [0.717, 1.165) is 34.1 Å². The third kappa shape index (κ3) is 5.28. The molecular formula is C33H29N5O4S. The van der Waals surface area contributed by atoms with Crippen LogP contribution in [0.3, 0.4) is 0 Å². The molecule has 216 valence electrons. The van der Waals surface area contributed by atoms with Gasteiger partial charge >= 0.3 is 0 Å². The molecule has 6 rings (SSSR count). The van der Waals surface area contributed by atoms with E-state index in [1.54, 1.807) is 25.4 Å². The van der Waals surface area contributed by atoms with Crippen LogP contribution >= 0.6 is 12.2 Å². The van der Waals surface area contributed by atoms with Crippen molar-refractivity contribution in [3.63, 3.8) is 0 Å². The number of aromatic nitrogens is 2. The number of nitro groups is 1. The summed E-state index contributed by atoms with van der Waals surface area (Å²) in [5.74, 6) is 2.00. The number of para-hydroxylation sites is 1. The first-order valence-electron chi connectivity index (χ1n) is 13.7. The zero-order valence-corrected chi connectivity index (χ0v) is 24.6. The lowest BCUT2D eigenvalue weighted by atomic mass is 9.96. The van der Waals surface area contributed by atoms with Crippen molar-refractivity contribution >= 4 is 28.7 Å². The minimum Gasteiger partial charge on any atom is -0.495 e. The molecule has 0 bridgehead atoms. The van der Waals surface area contributed by atoms with Gasteiger partial charge in [0.05, 0.1) is 35.5 Å². The standard InChI is InChI=1S/C33H29N5O4S/c1-21-19-27(22(2)36(21)29-20-24(38(39)40)14-17-30(29)41-3)32-31(28-11-7-8-18-34-28)35-33(43)37(32)23-12-15-26(16-13-23)42-25-9-5-4-6-10-25/h4-20,31-32H,1-3H3,(H,35,43)/t31-,32+/m0/s1. The Hall–Kier alpha value is -5.22. The molecule has 10 heteroatoms. The lowest BCUT2D eigenvalue weighted by Gasteiger charge is -2.28. The molecule has 0 amide bonds. The molecule has 1 saturated heterocycles. The van der Waals surface area contributed by atoms with Crippen LogP contribution in [0.2, 0.25) is 0 Å². The molecule has 43 heavy (non-hydrogen) atoms. The van der Waals surface area contributed by atoms with Crippen LogP contribution in [0.1, 0.15) is 34.7 Å². The number of ether oxygens (including phenoxy) is 2. The van der Waals surface area contributed by atoms with Gasteiger partial charge in [0.1, 0.15) is 17.2 Å². The van der Waals surface area contributed by atoms with Gasteiger partial charge in [0.25, 0.3) is 5.69 Å². The van der Waals surface area contributed by atoms with Crippen molar-refractivity contribution in [2.75, 3.05) is 12.0 Å². The van der Waals surface area contributed by atoms with Crippen LogP contribution < -0.4 is 19.7 Å².